The fourth-order valence-electron chi connectivity index (χ4n) is 2.02. The van der Waals surface area contributed by atoms with E-state index in [1.165, 1.54) is 0 Å². The topological polar surface area (TPSA) is 57.4 Å². The molecule has 1 atom stereocenters. The van der Waals surface area contributed by atoms with Gasteiger partial charge in [0, 0.05) is 12.2 Å². The van der Waals surface area contributed by atoms with Crippen LogP contribution in [0.25, 0.3) is 0 Å². The Hall–Kier alpha value is -1.30. The Bertz CT molecular complexity index is 614. The third-order valence-corrected chi connectivity index (χ3v) is 4.04. The van der Waals surface area contributed by atoms with E-state index >= 15 is 0 Å². The number of thiazole rings is 1. The predicted octanol–water partition coefficient (Wildman–Crippen LogP) is 3.58. The van der Waals surface area contributed by atoms with Crippen molar-refractivity contribution in [1.82, 2.24) is 4.98 Å². The molecule has 0 aliphatic heterocycles. The Balaban J connectivity index is 2.18. The highest BCUT2D eigenvalue weighted by molar-refractivity contribution is 7.11. The van der Waals surface area contributed by atoms with Crippen LogP contribution in [0.2, 0.25) is 5.02 Å². The Labute approximate surface area is 133 Å². The van der Waals surface area contributed by atoms with Crippen LogP contribution in [-0.4, -0.2) is 18.1 Å². The summed E-state index contributed by atoms with van der Waals surface area (Å²) in [4.78, 5) is 5.25. The molecule has 0 fully saturated rings. The summed E-state index contributed by atoms with van der Waals surface area (Å²) in [5, 5.41) is 1.55. The number of ether oxygens (including phenoxy) is 2. The normalized spacial score (nSPS) is 12.2. The minimum Gasteiger partial charge on any atom is -0.493 e. The number of aromatic nitrogens is 1. The van der Waals surface area contributed by atoms with Crippen LogP contribution < -0.4 is 15.2 Å². The number of methoxy groups -OCH3 is 1. The average molecular weight is 327 g/mol. The fraction of sp³-hybridized carbons (Fsp3) is 0.400. The largest absolute Gasteiger partial charge is 0.493 e. The van der Waals surface area contributed by atoms with Crippen LogP contribution in [0.3, 0.4) is 0 Å². The molecule has 4 nitrogen and oxygen atoms in total. The molecule has 0 amide bonds. The second-order valence-corrected chi connectivity index (χ2v) is 6.65. The Morgan fingerprint density at radius 2 is 2.19 bits per heavy atom. The molecular formula is C15H19ClN2O2S. The number of hydrogen-bond acceptors (Lipinski definition) is 5. The summed E-state index contributed by atoms with van der Waals surface area (Å²) >= 11 is 7.91. The summed E-state index contributed by atoms with van der Waals surface area (Å²) in [6, 6.07) is 3.86. The van der Waals surface area contributed by atoms with E-state index < -0.39 is 0 Å². The van der Waals surface area contributed by atoms with Gasteiger partial charge in [0.05, 0.1) is 22.0 Å². The van der Waals surface area contributed by atoms with Crippen molar-refractivity contribution < 1.29 is 9.47 Å². The van der Waals surface area contributed by atoms with Gasteiger partial charge in [0.2, 0.25) is 0 Å². The highest BCUT2D eigenvalue weighted by atomic mass is 35.5. The zero-order valence-corrected chi connectivity index (χ0v) is 13.9. The standard InChI is InChI=1S/C15H19ClN2O2S/c1-9(17)4-11-5-13(16)15(14(6-11)19-3)20-8-12-7-18-10(2)21-12/h5-7,9H,4,8,17H2,1-3H3. The molecule has 0 saturated carbocycles. The Kier molecular flexibility index (Phi) is 5.45. The van der Waals surface area contributed by atoms with Crippen molar-refractivity contribution in [2.24, 2.45) is 5.73 Å². The van der Waals surface area contributed by atoms with Gasteiger partial charge >= 0.3 is 0 Å². The summed E-state index contributed by atoms with van der Waals surface area (Å²) in [6.45, 7) is 4.34. The van der Waals surface area contributed by atoms with Gasteiger partial charge in [-0.25, -0.2) is 4.98 Å². The van der Waals surface area contributed by atoms with Gasteiger partial charge in [-0.1, -0.05) is 11.6 Å². The van der Waals surface area contributed by atoms with Crippen molar-refractivity contribution >= 4 is 22.9 Å². The lowest BCUT2D eigenvalue weighted by Crippen LogP contribution is -2.17. The first kappa shape index (κ1) is 16.1. The first-order valence-electron chi connectivity index (χ1n) is 6.65. The maximum atomic E-state index is 6.31. The molecule has 21 heavy (non-hydrogen) atoms. The van der Waals surface area contributed by atoms with E-state index in [0.717, 1.165) is 21.9 Å². The quantitative estimate of drug-likeness (QED) is 0.881. The predicted molar refractivity (Wildman–Crippen MR) is 86.5 cm³/mol. The first-order chi connectivity index (χ1) is 9.99. The molecule has 2 N–H and O–H groups in total. The third kappa shape index (κ3) is 4.33. The van der Waals surface area contributed by atoms with Gasteiger partial charge in [-0.15, -0.1) is 11.3 Å². The maximum absolute atomic E-state index is 6.31. The van der Waals surface area contributed by atoms with E-state index in [-0.39, 0.29) is 6.04 Å². The molecule has 2 aromatic rings. The third-order valence-electron chi connectivity index (χ3n) is 2.87. The number of halogens is 1. The van der Waals surface area contributed by atoms with Gasteiger partial charge in [0.25, 0.3) is 0 Å². The number of hydrogen-bond donors (Lipinski definition) is 1. The van der Waals surface area contributed by atoms with Gasteiger partial charge in [-0.2, -0.15) is 0 Å². The van der Waals surface area contributed by atoms with Gasteiger partial charge in [0.1, 0.15) is 6.61 Å². The smallest absolute Gasteiger partial charge is 0.180 e. The van der Waals surface area contributed by atoms with Crippen LogP contribution in [-0.2, 0) is 13.0 Å². The lowest BCUT2D eigenvalue weighted by molar-refractivity contribution is 0.287. The Morgan fingerprint density at radius 3 is 2.76 bits per heavy atom. The molecule has 1 unspecified atom stereocenters. The molecule has 0 spiro atoms. The van der Waals surface area contributed by atoms with Gasteiger partial charge in [-0.3, -0.25) is 0 Å². The molecule has 0 radical (unpaired) electrons. The molecule has 1 heterocycles. The zero-order chi connectivity index (χ0) is 15.4. The van der Waals surface area contributed by atoms with Crippen molar-refractivity contribution in [3.63, 3.8) is 0 Å². The summed E-state index contributed by atoms with van der Waals surface area (Å²) in [5.41, 5.74) is 6.86. The van der Waals surface area contributed by atoms with E-state index in [0.29, 0.717) is 23.1 Å². The van der Waals surface area contributed by atoms with E-state index in [1.54, 1.807) is 18.4 Å². The van der Waals surface area contributed by atoms with Crippen LogP contribution in [0, 0.1) is 6.92 Å². The lowest BCUT2D eigenvalue weighted by Gasteiger charge is -2.14. The monoisotopic (exact) mass is 326 g/mol. The molecular weight excluding hydrogens is 308 g/mol. The summed E-state index contributed by atoms with van der Waals surface area (Å²) in [6.07, 6.45) is 2.55. The van der Waals surface area contributed by atoms with Crippen LogP contribution in [0.5, 0.6) is 11.5 Å². The molecule has 2 rings (SSSR count). The second kappa shape index (κ2) is 7.11. The van der Waals surface area contributed by atoms with E-state index in [2.05, 4.69) is 4.98 Å². The van der Waals surface area contributed by atoms with Crippen LogP contribution >= 0.6 is 22.9 Å². The fourth-order valence-corrected chi connectivity index (χ4v) is 3.01. The van der Waals surface area contributed by atoms with Crippen molar-refractivity contribution in [3.8, 4) is 11.5 Å². The van der Waals surface area contributed by atoms with E-state index in [9.17, 15) is 0 Å². The van der Waals surface area contributed by atoms with Crippen LogP contribution in [0.1, 0.15) is 22.4 Å². The van der Waals surface area contributed by atoms with Gasteiger partial charge in [-0.05, 0) is 38.0 Å². The summed E-state index contributed by atoms with van der Waals surface area (Å²) in [7, 11) is 1.60. The molecule has 1 aromatic heterocycles. The van der Waals surface area contributed by atoms with Gasteiger partial charge in [0.15, 0.2) is 11.5 Å². The molecule has 6 heteroatoms. The first-order valence-corrected chi connectivity index (χ1v) is 7.85. The highest BCUT2D eigenvalue weighted by Gasteiger charge is 2.13. The maximum Gasteiger partial charge on any atom is 0.180 e. The molecule has 0 aliphatic rings. The zero-order valence-electron chi connectivity index (χ0n) is 12.4. The van der Waals surface area contributed by atoms with E-state index in [4.69, 9.17) is 26.8 Å². The minimum absolute atomic E-state index is 0.0673. The number of nitrogens with zero attached hydrogens (tertiary/aromatic N) is 1. The number of nitrogens with two attached hydrogens (primary N) is 1. The highest BCUT2D eigenvalue weighted by Crippen LogP contribution is 2.37. The summed E-state index contributed by atoms with van der Waals surface area (Å²) < 4.78 is 11.2. The van der Waals surface area contributed by atoms with Crippen molar-refractivity contribution in [2.75, 3.05) is 7.11 Å². The molecule has 1 aromatic carbocycles. The Morgan fingerprint density at radius 1 is 1.43 bits per heavy atom. The molecule has 0 bridgehead atoms. The number of rotatable bonds is 6. The van der Waals surface area contributed by atoms with Gasteiger partial charge < -0.3 is 15.2 Å². The van der Waals surface area contributed by atoms with Crippen molar-refractivity contribution in [1.29, 1.82) is 0 Å². The van der Waals surface area contributed by atoms with E-state index in [1.807, 2.05) is 32.2 Å². The SMILES string of the molecule is COc1cc(CC(C)N)cc(Cl)c1OCc1cnc(C)s1. The average Bonchev–Trinajstić information content (AvgIpc) is 2.82. The second-order valence-electron chi connectivity index (χ2n) is 4.92. The van der Waals surface area contributed by atoms with Crippen LogP contribution in [0.15, 0.2) is 18.3 Å². The van der Waals surface area contributed by atoms with Crippen molar-refractivity contribution in [2.45, 2.75) is 32.9 Å². The molecule has 114 valence electrons. The molecule has 0 saturated heterocycles. The van der Waals surface area contributed by atoms with Crippen molar-refractivity contribution in [3.05, 3.63) is 38.8 Å². The minimum atomic E-state index is 0.0673. The number of aryl methyl sites for hydroxylation is 1. The molecule has 0 aliphatic carbocycles. The number of benzene rings is 1. The van der Waals surface area contributed by atoms with Crippen LogP contribution in [0.4, 0.5) is 0 Å². The lowest BCUT2D eigenvalue weighted by atomic mass is 10.1. The summed E-state index contributed by atoms with van der Waals surface area (Å²) in [5.74, 6) is 1.18.